The van der Waals surface area contributed by atoms with Gasteiger partial charge in [-0.3, -0.25) is 4.90 Å². The first kappa shape index (κ1) is 18.2. The first-order valence-corrected chi connectivity index (χ1v) is 8.25. The third-order valence-electron chi connectivity index (χ3n) is 4.25. The third-order valence-corrected chi connectivity index (χ3v) is 4.25. The van der Waals surface area contributed by atoms with E-state index in [1.54, 1.807) is 27.0 Å². The molecule has 1 saturated heterocycles. The second-order valence-corrected chi connectivity index (χ2v) is 7.18. The Morgan fingerprint density at radius 1 is 1.35 bits per heavy atom. The van der Waals surface area contributed by atoms with Crippen LogP contribution in [0.5, 0.6) is 0 Å². The Hall–Kier alpha value is -1.17. The summed E-state index contributed by atoms with van der Waals surface area (Å²) in [4.78, 5) is 4.34. The van der Waals surface area contributed by atoms with Crippen molar-refractivity contribution in [1.29, 1.82) is 0 Å². The van der Waals surface area contributed by atoms with Crippen molar-refractivity contribution in [1.82, 2.24) is 4.90 Å². The molecular formula is C18H29FN2O2. The predicted octanol–water partition coefficient (Wildman–Crippen LogP) is 2.64. The van der Waals surface area contributed by atoms with Crippen LogP contribution in [0.3, 0.4) is 0 Å². The molecule has 1 N–H and O–H groups in total. The molecule has 0 atom stereocenters. The summed E-state index contributed by atoms with van der Waals surface area (Å²) in [6, 6.07) is 5.01. The standard InChI is InChI=1S/C18H29FN2O2/c1-18(2,22)13-20(3)12-14-11-15(19)5-6-17(14)21-9-7-16(23-4)8-10-21/h5-6,11,16,22H,7-10,12-13H2,1-4H3. The molecule has 0 bridgehead atoms. The maximum Gasteiger partial charge on any atom is 0.123 e. The van der Waals surface area contributed by atoms with Gasteiger partial charge in [-0.2, -0.15) is 0 Å². The van der Waals surface area contributed by atoms with Gasteiger partial charge in [0.15, 0.2) is 0 Å². The molecule has 23 heavy (non-hydrogen) atoms. The Kier molecular flexibility index (Phi) is 6.00. The lowest BCUT2D eigenvalue weighted by Gasteiger charge is -2.35. The van der Waals surface area contributed by atoms with Crippen LogP contribution in [-0.4, -0.2) is 55.5 Å². The van der Waals surface area contributed by atoms with Gasteiger partial charge >= 0.3 is 0 Å². The average molecular weight is 324 g/mol. The zero-order chi connectivity index (χ0) is 17.0. The summed E-state index contributed by atoms with van der Waals surface area (Å²) in [5, 5.41) is 9.95. The van der Waals surface area contributed by atoms with Gasteiger partial charge in [0.1, 0.15) is 5.82 Å². The van der Waals surface area contributed by atoms with Crippen LogP contribution >= 0.6 is 0 Å². The topological polar surface area (TPSA) is 35.9 Å². The van der Waals surface area contributed by atoms with Crippen molar-refractivity contribution in [2.75, 3.05) is 38.7 Å². The lowest BCUT2D eigenvalue weighted by molar-refractivity contribution is 0.0424. The maximum absolute atomic E-state index is 13.7. The second kappa shape index (κ2) is 7.60. The fourth-order valence-corrected chi connectivity index (χ4v) is 3.33. The first-order valence-electron chi connectivity index (χ1n) is 8.25. The molecule has 4 nitrogen and oxygen atoms in total. The van der Waals surface area contributed by atoms with E-state index >= 15 is 0 Å². The molecule has 0 saturated carbocycles. The van der Waals surface area contributed by atoms with E-state index in [1.165, 1.54) is 6.07 Å². The Balaban J connectivity index is 2.11. The van der Waals surface area contributed by atoms with Crippen molar-refractivity contribution in [3.8, 4) is 0 Å². The van der Waals surface area contributed by atoms with Crippen molar-refractivity contribution in [3.63, 3.8) is 0 Å². The Morgan fingerprint density at radius 2 is 2.00 bits per heavy atom. The van der Waals surface area contributed by atoms with E-state index in [9.17, 15) is 9.50 Å². The number of hydrogen-bond acceptors (Lipinski definition) is 4. The summed E-state index contributed by atoms with van der Waals surface area (Å²) in [7, 11) is 3.71. The Bertz CT molecular complexity index is 508. The highest BCUT2D eigenvalue weighted by Crippen LogP contribution is 2.27. The molecule has 1 aliphatic heterocycles. The Morgan fingerprint density at radius 3 is 2.57 bits per heavy atom. The quantitative estimate of drug-likeness (QED) is 0.873. The molecule has 0 unspecified atom stereocenters. The minimum Gasteiger partial charge on any atom is -0.389 e. The van der Waals surface area contributed by atoms with Crippen molar-refractivity contribution in [3.05, 3.63) is 29.6 Å². The number of anilines is 1. The van der Waals surface area contributed by atoms with Crippen LogP contribution in [0.25, 0.3) is 0 Å². The van der Waals surface area contributed by atoms with Gasteiger partial charge in [0, 0.05) is 39.0 Å². The number of benzene rings is 1. The highest BCUT2D eigenvalue weighted by atomic mass is 19.1. The summed E-state index contributed by atoms with van der Waals surface area (Å²) in [5.74, 6) is -0.216. The van der Waals surface area contributed by atoms with Crippen LogP contribution in [0, 0.1) is 5.82 Å². The predicted molar refractivity (Wildman–Crippen MR) is 91.3 cm³/mol. The van der Waals surface area contributed by atoms with Crippen molar-refractivity contribution >= 4 is 5.69 Å². The molecule has 1 heterocycles. The van der Waals surface area contributed by atoms with Gasteiger partial charge in [-0.05, 0) is 57.5 Å². The molecule has 0 amide bonds. The minimum atomic E-state index is -0.765. The molecular weight excluding hydrogens is 295 g/mol. The van der Waals surface area contributed by atoms with E-state index in [4.69, 9.17) is 4.74 Å². The summed E-state index contributed by atoms with van der Waals surface area (Å²) in [5.41, 5.74) is 1.29. The van der Waals surface area contributed by atoms with Gasteiger partial charge in [0.05, 0.1) is 11.7 Å². The molecule has 1 aliphatic rings. The summed E-state index contributed by atoms with van der Waals surface area (Å²) in [6.07, 6.45) is 2.31. The smallest absolute Gasteiger partial charge is 0.123 e. The molecule has 130 valence electrons. The lowest BCUT2D eigenvalue weighted by Crippen LogP contribution is -2.38. The van der Waals surface area contributed by atoms with Gasteiger partial charge < -0.3 is 14.7 Å². The second-order valence-electron chi connectivity index (χ2n) is 7.18. The van der Waals surface area contributed by atoms with E-state index in [-0.39, 0.29) is 5.82 Å². The normalized spacial score (nSPS) is 17.1. The van der Waals surface area contributed by atoms with Gasteiger partial charge in [0.25, 0.3) is 0 Å². The van der Waals surface area contributed by atoms with Crippen molar-refractivity contribution in [2.45, 2.75) is 44.9 Å². The summed E-state index contributed by atoms with van der Waals surface area (Å²) >= 11 is 0. The molecule has 0 aliphatic carbocycles. The number of piperidine rings is 1. The number of likely N-dealkylation sites (N-methyl/N-ethyl adjacent to an activating group) is 1. The summed E-state index contributed by atoms with van der Waals surface area (Å²) < 4.78 is 19.1. The molecule has 0 radical (unpaired) electrons. The van der Waals surface area contributed by atoms with Crippen molar-refractivity contribution < 1.29 is 14.2 Å². The molecule has 1 aromatic rings. The molecule has 0 aromatic heterocycles. The van der Waals surface area contributed by atoms with E-state index in [0.717, 1.165) is 37.2 Å². The molecule has 1 aromatic carbocycles. The average Bonchev–Trinajstić information content (AvgIpc) is 2.45. The van der Waals surface area contributed by atoms with E-state index in [0.29, 0.717) is 19.2 Å². The summed E-state index contributed by atoms with van der Waals surface area (Å²) in [6.45, 7) is 6.56. The van der Waals surface area contributed by atoms with E-state index in [1.807, 2.05) is 18.0 Å². The van der Waals surface area contributed by atoms with Gasteiger partial charge in [0.2, 0.25) is 0 Å². The van der Waals surface area contributed by atoms with Gasteiger partial charge in [-0.25, -0.2) is 4.39 Å². The number of rotatable bonds is 6. The van der Waals surface area contributed by atoms with Gasteiger partial charge in [-0.1, -0.05) is 0 Å². The lowest BCUT2D eigenvalue weighted by atomic mass is 10.0. The molecule has 5 heteroatoms. The number of ether oxygens (including phenoxy) is 1. The maximum atomic E-state index is 13.7. The van der Waals surface area contributed by atoms with Crippen LogP contribution in [0.15, 0.2) is 18.2 Å². The molecule has 1 fully saturated rings. The number of halogens is 1. The van der Waals surface area contributed by atoms with Gasteiger partial charge in [-0.15, -0.1) is 0 Å². The first-order chi connectivity index (χ1) is 10.8. The number of aliphatic hydroxyl groups is 1. The van der Waals surface area contributed by atoms with Crippen LogP contribution in [0.1, 0.15) is 32.3 Å². The fourth-order valence-electron chi connectivity index (χ4n) is 3.33. The highest BCUT2D eigenvalue weighted by Gasteiger charge is 2.22. The fraction of sp³-hybridized carbons (Fsp3) is 0.667. The highest BCUT2D eigenvalue weighted by molar-refractivity contribution is 5.54. The van der Waals surface area contributed by atoms with E-state index in [2.05, 4.69) is 4.90 Å². The van der Waals surface area contributed by atoms with E-state index < -0.39 is 5.60 Å². The largest absolute Gasteiger partial charge is 0.389 e. The van der Waals surface area contributed by atoms with Crippen LogP contribution < -0.4 is 4.90 Å². The molecule has 2 rings (SSSR count). The molecule has 0 spiro atoms. The van der Waals surface area contributed by atoms with Crippen LogP contribution in [-0.2, 0) is 11.3 Å². The zero-order valence-corrected chi connectivity index (χ0v) is 14.7. The number of methoxy groups -OCH3 is 1. The third kappa shape index (κ3) is 5.44. The van der Waals surface area contributed by atoms with Crippen LogP contribution in [0.2, 0.25) is 0 Å². The number of nitrogens with zero attached hydrogens (tertiary/aromatic N) is 2. The Labute approximate surface area is 138 Å². The van der Waals surface area contributed by atoms with Crippen molar-refractivity contribution in [2.24, 2.45) is 0 Å². The minimum absolute atomic E-state index is 0.216. The van der Waals surface area contributed by atoms with Crippen LogP contribution in [0.4, 0.5) is 10.1 Å². The SMILES string of the molecule is COC1CCN(c2ccc(F)cc2CN(C)CC(C)(C)O)CC1. The monoisotopic (exact) mass is 324 g/mol. The zero-order valence-electron chi connectivity index (χ0n) is 14.7. The number of hydrogen-bond donors (Lipinski definition) is 1.